The molecule has 0 radical (unpaired) electrons. The SMILES string of the molecule is CCc1ccccc1N1C(=O)CSC1=NC(=S)NCCCCc1cccc(-c2ncn(-c3ccc(OC(F)(F)F)cc3)n2)c1. The van der Waals surface area contributed by atoms with Gasteiger partial charge in [0.15, 0.2) is 16.1 Å². The number of halogens is 3. The van der Waals surface area contributed by atoms with Crippen molar-refractivity contribution in [3.63, 3.8) is 0 Å². The van der Waals surface area contributed by atoms with Crippen LogP contribution in [-0.4, -0.2) is 49.6 Å². The number of anilines is 1. The highest BCUT2D eigenvalue weighted by molar-refractivity contribution is 8.15. The highest BCUT2D eigenvalue weighted by Crippen LogP contribution is 2.30. The maximum absolute atomic E-state index is 12.6. The van der Waals surface area contributed by atoms with Crippen LogP contribution in [0.15, 0.2) is 84.1 Å². The molecule has 4 aromatic rings. The van der Waals surface area contributed by atoms with Crippen LogP contribution in [0.3, 0.4) is 0 Å². The molecule has 0 bridgehead atoms. The number of amides is 1. The van der Waals surface area contributed by atoms with Crippen molar-refractivity contribution in [3.8, 4) is 22.8 Å². The predicted octanol–water partition coefficient (Wildman–Crippen LogP) is 6.73. The average molecular weight is 639 g/mol. The summed E-state index contributed by atoms with van der Waals surface area (Å²) in [4.78, 5) is 23.2. The smallest absolute Gasteiger partial charge is 0.406 e. The fourth-order valence-corrected chi connectivity index (χ4v) is 5.78. The number of carbonyl (C=O) groups is 1. The monoisotopic (exact) mass is 638 g/mol. The maximum atomic E-state index is 12.6. The second-order valence-electron chi connectivity index (χ2n) is 9.84. The van der Waals surface area contributed by atoms with Crippen molar-refractivity contribution in [2.75, 3.05) is 17.2 Å². The summed E-state index contributed by atoms with van der Waals surface area (Å²) in [6, 6.07) is 21.2. The van der Waals surface area contributed by atoms with E-state index in [1.54, 1.807) is 4.90 Å². The lowest BCUT2D eigenvalue weighted by atomic mass is 10.0. The molecule has 1 saturated heterocycles. The number of thiocarbonyl (C=S) groups is 1. The molecule has 0 spiro atoms. The Morgan fingerprint density at radius 1 is 1.09 bits per heavy atom. The van der Waals surface area contributed by atoms with Crippen molar-refractivity contribution < 1.29 is 22.7 Å². The minimum atomic E-state index is -4.74. The molecule has 1 N–H and O–H groups in total. The van der Waals surface area contributed by atoms with Crippen molar-refractivity contribution in [1.29, 1.82) is 0 Å². The first-order chi connectivity index (χ1) is 21.2. The number of nitrogens with zero attached hydrogens (tertiary/aromatic N) is 5. The van der Waals surface area contributed by atoms with E-state index < -0.39 is 6.36 Å². The van der Waals surface area contributed by atoms with Gasteiger partial charge in [-0.15, -0.1) is 18.3 Å². The fourth-order valence-electron chi connectivity index (χ4n) is 4.67. The first kappa shape index (κ1) is 31.2. The molecule has 13 heteroatoms. The Labute approximate surface area is 262 Å². The van der Waals surface area contributed by atoms with Crippen LogP contribution < -0.4 is 15.0 Å². The van der Waals surface area contributed by atoms with Crippen LogP contribution >= 0.6 is 24.0 Å². The van der Waals surface area contributed by atoms with E-state index in [0.29, 0.717) is 34.1 Å². The molecule has 1 fully saturated rings. The van der Waals surface area contributed by atoms with Gasteiger partial charge in [-0.25, -0.2) is 9.67 Å². The summed E-state index contributed by atoms with van der Waals surface area (Å²) in [5, 5.41) is 8.62. The number of rotatable bonds is 10. The third-order valence-electron chi connectivity index (χ3n) is 6.76. The van der Waals surface area contributed by atoms with Crippen molar-refractivity contribution >= 4 is 45.9 Å². The first-order valence-electron chi connectivity index (χ1n) is 14.0. The molecule has 1 aliphatic heterocycles. The van der Waals surface area contributed by atoms with Gasteiger partial charge >= 0.3 is 6.36 Å². The van der Waals surface area contributed by atoms with Crippen LogP contribution in [0.1, 0.15) is 30.9 Å². The number of aliphatic imine (C=N–C) groups is 1. The van der Waals surface area contributed by atoms with Gasteiger partial charge in [0.05, 0.1) is 17.1 Å². The van der Waals surface area contributed by atoms with Crippen LogP contribution in [0.5, 0.6) is 5.75 Å². The minimum Gasteiger partial charge on any atom is -0.406 e. The van der Waals surface area contributed by atoms with Gasteiger partial charge in [0.2, 0.25) is 5.91 Å². The van der Waals surface area contributed by atoms with Gasteiger partial charge in [-0.3, -0.25) is 9.69 Å². The lowest BCUT2D eigenvalue weighted by Gasteiger charge is -2.19. The van der Waals surface area contributed by atoms with E-state index in [1.165, 1.54) is 47.0 Å². The molecule has 2 heterocycles. The number of benzene rings is 3. The summed E-state index contributed by atoms with van der Waals surface area (Å²) >= 11 is 6.84. The Kier molecular flexibility index (Phi) is 9.95. The first-order valence-corrected chi connectivity index (χ1v) is 15.4. The van der Waals surface area contributed by atoms with Gasteiger partial charge in [-0.05, 0) is 85.4 Å². The summed E-state index contributed by atoms with van der Waals surface area (Å²) in [5.74, 6) is 0.536. The Hall–Kier alpha value is -4.23. The lowest BCUT2D eigenvalue weighted by Crippen LogP contribution is -2.32. The number of ether oxygens (including phenoxy) is 1. The quantitative estimate of drug-likeness (QED) is 0.152. The number of alkyl halides is 3. The van der Waals surface area contributed by atoms with Crippen molar-refractivity contribution in [1.82, 2.24) is 20.1 Å². The number of aryl methyl sites for hydroxylation is 2. The topological polar surface area (TPSA) is 84.6 Å². The molecule has 8 nitrogen and oxygen atoms in total. The van der Waals surface area contributed by atoms with E-state index in [0.717, 1.165) is 48.1 Å². The molecule has 1 aromatic heterocycles. The zero-order valence-corrected chi connectivity index (χ0v) is 25.4. The summed E-state index contributed by atoms with van der Waals surface area (Å²) in [6.07, 6.45) is 0.195. The number of nitrogens with one attached hydrogen (secondary N) is 1. The number of para-hydroxylation sites is 1. The van der Waals surface area contributed by atoms with Crippen molar-refractivity contribution in [3.05, 3.63) is 90.3 Å². The second kappa shape index (κ2) is 14.0. The molecular formula is C31H29F3N6O2S2. The Morgan fingerprint density at radius 2 is 1.89 bits per heavy atom. The number of thioether (sulfide) groups is 1. The van der Waals surface area contributed by atoms with Crippen LogP contribution in [-0.2, 0) is 17.6 Å². The van der Waals surface area contributed by atoms with Crippen LogP contribution in [0.2, 0.25) is 0 Å². The molecule has 0 atom stereocenters. The Morgan fingerprint density at radius 3 is 2.66 bits per heavy atom. The third-order valence-corrected chi connectivity index (χ3v) is 7.92. The summed E-state index contributed by atoms with van der Waals surface area (Å²) in [6.45, 7) is 2.71. The average Bonchev–Trinajstić information content (AvgIpc) is 3.64. The largest absolute Gasteiger partial charge is 0.573 e. The van der Waals surface area contributed by atoms with E-state index in [2.05, 4.69) is 32.1 Å². The fraction of sp³-hybridized carbons (Fsp3) is 0.258. The number of hydrogen-bond donors (Lipinski definition) is 1. The molecule has 3 aromatic carbocycles. The molecular weight excluding hydrogens is 610 g/mol. The lowest BCUT2D eigenvalue weighted by molar-refractivity contribution is -0.274. The summed E-state index contributed by atoms with van der Waals surface area (Å²) < 4.78 is 42.7. The number of amidine groups is 1. The van der Waals surface area contributed by atoms with Gasteiger partial charge < -0.3 is 10.1 Å². The van der Waals surface area contributed by atoms with E-state index in [9.17, 15) is 18.0 Å². The van der Waals surface area contributed by atoms with Crippen molar-refractivity contribution in [2.45, 2.75) is 39.0 Å². The van der Waals surface area contributed by atoms with Gasteiger partial charge in [-0.2, -0.15) is 4.99 Å². The van der Waals surface area contributed by atoms with E-state index >= 15 is 0 Å². The molecule has 0 saturated carbocycles. The minimum absolute atomic E-state index is 0.00439. The van der Waals surface area contributed by atoms with E-state index in [1.807, 2.05) is 48.5 Å². The maximum Gasteiger partial charge on any atom is 0.573 e. The van der Waals surface area contributed by atoms with Crippen LogP contribution in [0, 0.1) is 0 Å². The number of aromatic nitrogens is 3. The van der Waals surface area contributed by atoms with Crippen molar-refractivity contribution in [2.24, 2.45) is 4.99 Å². The summed E-state index contributed by atoms with van der Waals surface area (Å²) in [7, 11) is 0. The van der Waals surface area contributed by atoms with Crippen LogP contribution in [0.4, 0.5) is 18.9 Å². The molecule has 0 aliphatic carbocycles. The van der Waals surface area contributed by atoms with Gasteiger partial charge in [0, 0.05) is 12.1 Å². The Balaban J connectivity index is 1.11. The molecule has 0 unspecified atom stereocenters. The van der Waals surface area contributed by atoms with Gasteiger partial charge in [0.25, 0.3) is 0 Å². The molecule has 5 rings (SSSR count). The standard InChI is InChI=1S/C31H29F3N6O2S2/c1-2-22-10-3-4-12-26(22)40-27(41)19-44-30(40)37-29(43)35-17-6-5-8-21-9-7-11-23(18-21)28-36-20-39(38-28)24-13-15-25(16-14-24)42-31(32,33)34/h3-4,7,9-16,18,20H,2,5-6,8,17,19H2,1H3,(H,35,43). The van der Waals surface area contributed by atoms with Gasteiger partial charge in [-0.1, -0.05) is 55.1 Å². The number of unbranched alkanes of at least 4 members (excludes halogenated alkanes) is 1. The third kappa shape index (κ3) is 8.03. The van der Waals surface area contributed by atoms with Gasteiger partial charge in [0.1, 0.15) is 12.1 Å². The van der Waals surface area contributed by atoms with E-state index in [-0.39, 0.29) is 11.7 Å². The van der Waals surface area contributed by atoms with Crippen LogP contribution in [0.25, 0.3) is 17.1 Å². The predicted molar refractivity (Wildman–Crippen MR) is 170 cm³/mol. The molecule has 44 heavy (non-hydrogen) atoms. The molecule has 1 amide bonds. The molecule has 228 valence electrons. The highest BCUT2D eigenvalue weighted by Gasteiger charge is 2.32. The number of carbonyl (C=O) groups excluding carboxylic acids is 1. The molecule has 1 aliphatic rings. The zero-order valence-electron chi connectivity index (χ0n) is 23.8. The summed E-state index contributed by atoms with van der Waals surface area (Å²) in [5.41, 5.74) is 4.45. The zero-order chi connectivity index (χ0) is 31.1. The highest BCUT2D eigenvalue weighted by atomic mass is 32.2. The number of hydrogen-bond acceptors (Lipinski definition) is 6. The Bertz CT molecular complexity index is 1660. The van der Waals surface area contributed by atoms with E-state index in [4.69, 9.17) is 12.2 Å². The second-order valence-corrected chi connectivity index (χ2v) is 11.2. The normalized spacial score (nSPS) is 14.3.